The molecule has 0 unspecified atom stereocenters. The Bertz CT molecular complexity index is 1030. The first-order chi connectivity index (χ1) is 14.4. The number of hydrogen-bond acceptors (Lipinski definition) is 5. The summed E-state index contributed by atoms with van der Waals surface area (Å²) >= 11 is 0. The first kappa shape index (κ1) is 20.0. The lowest BCUT2D eigenvalue weighted by atomic mass is 9.97. The topological polar surface area (TPSA) is 59.1 Å². The molecular weight excluding hydrogens is 380 g/mol. The summed E-state index contributed by atoms with van der Waals surface area (Å²) in [6.45, 7) is 5.55. The van der Waals surface area contributed by atoms with E-state index in [0.29, 0.717) is 28.5 Å². The lowest BCUT2D eigenvalue weighted by molar-refractivity contribution is -0.120. The predicted molar refractivity (Wildman–Crippen MR) is 116 cm³/mol. The summed E-state index contributed by atoms with van der Waals surface area (Å²) in [5.74, 6) is 0.427. The maximum Gasteiger partial charge on any atom is 0.282 e. The van der Waals surface area contributed by atoms with Crippen LogP contribution in [0.15, 0.2) is 42.1 Å². The van der Waals surface area contributed by atoms with E-state index < -0.39 is 0 Å². The monoisotopic (exact) mass is 406 g/mol. The maximum atomic E-state index is 13.7. The van der Waals surface area contributed by atoms with Gasteiger partial charge in [-0.2, -0.15) is 0 Å². The highest BCUT2D eigenvalue weighted by Gasteiger charge is 2.43. The van der Waals surface area contributed by atoms with Gasteiger partial charge in [-0.15, -0.1) is 0 Å². The zero-order valence-electron chi connectivity index (χ0n) is 17.8. The van der Waals surface area contributed by atoms with Gasteiger partial charge in [-0.1, -0.05) is 23.8 Å². The molecule has 2 aliphatic heterocycles. The number of benzene rings is 2. The third-order valence-electron chi connectivity index (χ3n) is 5.73. The van der Waals surface area contributed by atoms with E-state index in [1.54, 1.807) is 32.4 Å². The van der Waals surface area contributed by atoms with Crippen LogP contribution in [-0.4, -0.2) is 44.0 Å². The average molecular weight is 406 g/mol. The number of ether oxygens (including phenoxy) is 2. The van der Waals surface area contributed by atoms with Crippen LogP contribution in [0, 0.1) is 13.8 Å². The van der Waals surface area contributed by atoms with Crippen molar-refractivity contribution in [2.24, 2.45) is 0 Å². The molecule has 2 aliphatic rings. The second kappa shape index (κ2) is 7.86. The predicted octanol–water partition coefficient (Wildman–Crippen LogP) is 3.70. The Labute approximate surface area is 176 Å². The van der Waals surface area contributed by atoms with Crippen LogP contribution in [0.5, 0.6) is 11.5 Å². The van der Waals surface area contributed by atoms with Crippen LogP contribution < -0.4 is 14.4 Å². The summed E-state index contributed by atoms with van der Waals surface area (Å²) < 4.78 is 10.7. The van der Waals surface area contributed by atoms with Crippen molar-refractivity contribution in [1.82, 2.24) is 4.90 Å². The molecule has 6 heteroatoms. The molecule has 156 valence electrons. The number of carbonyl (C=O) groups is 2. The van der Waals surface area contributed by atoms with Gasteiger partial charge in [0.1, 0.15) is 17.2 Å². The molecule has 0 radical (unpaired) electrons. The van der Waals surface area contributed by atoms with Crippen LogP contribution in [0.2, 0.25) is 0 Å². The molecule has 1 saturated heterocycles. The van der Waals surface area contributed by atoms with Crippen LogP contribution in [-0.2, 0) is 9.59 Å². The molecule has 0 N–H and O–H groups in total. The zero-order valence-corrected chi connectivity index (χ0v) is 17.8. The largest absolute Gasteiger partial charge is 0.497 e. The van der Waals surface area contributed by atoms with E-state index in [4.69, 9.17) is 9.47 Å². The Morgan fingerprint density at radius 2 is 1.47 bits per heavy atom. The maximum absolute atomic E-state index is 13.7. The fraction of sp³-hybridized carbons (Fsp3) is 0.333. The van der Waals surface area contributed by atoms with Crippen molar-refractivity contribution < 1.29 is 19.1 Å². The van der Waals surface area contributed by atoms with Gasteiger partial charge in [0, 0.05) is 31.3 Å². The molecule has 0 atom stereocenters. The van der Waals surface area contributed by atoms with Gasteiger partial charge in [0.15, 0.2) is 0 Å². The second-order valence-corrected chi connectivity index (χ2v) is 7.75. The molecule has 30 heavy (non-hydrogen) atoms. The van der Waals surface area contributed by atoms with Gasteiger partial charge < -0.3 is 14.4 Å². The van der Waals surface area contributed by atoms with Crippen molar-refractivity contribution in [2.45, 2.75) is 26.7 Å². The normalized spacial score (nSPS) is 16.7. The molecule has 2 aromatic rings. The van der Waals surface area contributed by atoms with Gasteiger partial charge in [0.25, 0.3) is 11.8 Å². The van der Waals surface area contributed by atoms with E-state index in [9.17, 15) is 9.59 Å². The smallest absolute Gasteiger partial charge is 0.282 e. The van der Waals surface area contributed by atoms with Crippen LogP contribution in [0.25, 0.3) is 5.57 Å². The lowest BCUT2D eigenvalue weighted by Gasteiger charge is -2.21. The minimum atomic E-state index is -0.316. The fourth-order valence-corrected chi connectivity index (χ4v) is 4.25. The number of hydrogen-bond donors (Lipinski definition) is 0. The van der Waals surface area contributed by atoms with Gasteiger partial charge in [0.2, 0.25) is 0 Å². The van der Waals surface area contributed by atoms with Crippen molar-refractivity contribution in [3.8, 4) is 11.5 Å². The molecule has 0 bridgehead atoms. The molecule has 2 aromatic carbocycles. The molecule has 0 aliphatic carbocycles. The summed E-state index contributed by atoms with van der Waals surface area (Å²) in [6, 6.07) is 11.0. The van der Waals surface area contributed by atoms with Gasteiger partial charge in [-0.25, -0.2) is 4.90 Å². The Kier molecular flexibility index (Phi) is 5.24. The van der Waals surface area contributed by atoms with Gasteiger partial charge >= 0.3 is 0 Å². The van der Waals surface area contributed by atoms with Crippen LogP contribution in [0.4, 0.5) is 5.69 Å². The van der Waals surface area contributed by atoms with E-state index in [1.165, 1.54) is 4.90 Å². The van der Waals surface area contributed by atoms with Crippen molar-refractivity contribution in [1.29, 1.82) is 0 Å². The highest BCUT2D eigenvalue weighted by molar-refractivity contribution is 6.45. The molecule has 4 rings (SSSR count). The zero-order chi connectivity index (χ0) is 21.4. The van der Waals surface area contributed by atoms with Crippen molar-refractivity contribution in [2.75, 3.05) is 32.2 Å². The molecule has 2 heterocycles. The first-order valence-electron chi connectivity index (χ1n) is 10.1. The van der Waals surface area contributed by atoms with Crippen LogP contribution in [0.1, 0.15) is 29.5 Å². The molecule has 1 fully saturated rings. The quantitative estimate of drug-likeness (QED) is 0.709. The standard InChI is InChI=1S/C24H26N2O4/c1-15-7-8-20(16(2)11-15)21-22(25-9-5-6-10-25)24(28)26(23(21)27)17-12-18(29-3)14-19(13-17)30-4/h7-8,11-14H,5-6,9-10H2,1-4H3. The molecule has 0 aromatic heterocycles. The van der Waals surface area contributed by atoms with E-state index in [2.05, 4.69) is 0 Å². The number of likely N-dealkylation sites (tertiary alicyclic amines) is 1. The van der Waals surface area contributed by atoms with Gasteiger partial charge in [-0.05, 0) is 37.8 Å². The van der Waals surface area contributed by atoms with Crippen LogP contribution >= 0.6 is 0 Å². The SMILES string of the molecule is COc1cc(OC)cc(N2C(=O)C(c3ccc(C)cc3C)=C(N3CCCC3)C2=O)c1. The van der Waals surface area contributed by atoms with E-state index in [1.807, 2.05) is 36.9 Å². The number of carbonyl (C=O) groups excluding carboxylic acids is 2. The summed E-state index contributed by atoms with van der Waals surface area (Å²) in [5.41, 5.74) is 4.31. The molecule has 6 nitrogen and oxygen atoms in total. The number of rotatable bonds is 5. The Morgan fingerprint density at radius 1 is 0.833 bits per heavy atom. The Balaban J connectivity index is 1.87. The number of amides is 2. The molecule has 0 saturated carbocycles. The van der Waals surface area contributed by atoms with Crippen LogP contribution in [0.3, 0.4) is 0 Å². The number of aryl methyl sites for hydroxylation is 2. The first-order valence-corrected chi connectivity index (χ1v) is 10.1. The van der Waals surface area contributed by atoms with E-state index in [-0.39, 0.29) is 11.8 Å². The number of anilines is 1. The second-order valence-electron chi connectivity index (χ2n) is 7.75. The van der Waals surface area contributed by atoms with Gasteiger partial charge in [-0.3, -0.25) is 9.59 Å². The Morgan fingerprint density at radius 3 is 2.03 bits per heavy atom. The number of imide groups is 1. The number of nitrogens with zero attached hydrogens (tertiary/aromatic N) is 2. The third-order valence-corrected chi connectivity index (χ3v) is 5.73. The summed E-state index contributed by atoms with van der Waals surface area (Å²) in [5, 5.41) is 0. The Hall–Kier alpha value is -3.28. The lowest BCUT2D eigenvalue weighted by Crippen LogP contribution is -2.34. The van der Waals surface area contributed by atoms with Gasteiger partial charge in [0.05, 0.1) is 25.5 Å². The molecule has 0 spiro atoms. The summed E-state index contributed by atoms with van der Waals surface area (Å²) in [7, 11) is 3.09. The van der Waals surface area contributed by atoms with E-state index in [0.717, 1.165) is 42.6 Å². The van der Waals surface area contributed by atoms with Crippen molar-refractivity contribution in [3.63, 3.8) is 0 Å². The molecule has 2 amide bonds. The fourth-order valence-electron chi connectivity index (χ4n) is 4.25. The van der Waals surface area contributed by atoms with Crippen molar-refractivity contribution in [3.05, 3.63) is 58.8 Å². The third kappa shape index (κ3) is 3.32. The molecular formula is C24H26N2O4. The van der Waals surface area contributed by atoms with E-state index >= 15 is 0 Å². The highest BCUT2D eigenvalue weighted by Crippen LogP contribution is 2.39. The van der Waals surface area contributed by atoms with Crippen molar-refractivity contribution >= 4 is 23.1 Å². The summed E-state index contributed by atoms with van der Waals surface area (Å²) in [4.78, 5) is 30.5. The minimum absolute atomic E-state index is 0.299. The number of methoxy groups -OCH3 is 2. The summed E-state index contributed by atoms with van der Waals surface area (Å²) in [6.07, 6.45) is 2.02. The highest BCUT2D eigenvalue weighted by atomic mass is 16.5. The minimum Gasteiger partial charge on any atom is -0.497 e. The average Bonchev–Trinajstić information content (AvgIpc) is 3.34.